The first kappa shape index (κ1) is 10.8. The van der Waals surface area contributed by atoms with E-state index >= 15 is 0 Å². The Labute approximate surface area is 101 Å². The van der Waals surface area contributed by atoms with Crippen LogP contribution < -0.4 is 5.32 Å². The molecule has 6 nitrogen and oxygen atoms in total. The molecule has 0 unspecified atom stereocenters. The molecular formula is C11H9FN4O2. The second-order valence-corrected chi connectivity index (χ2v) is 4.02. The summed E-state index contributed by atoms with van der Waals surface area (Å²) >= 11 is 0. The topological polar surface area (TPSA) is 80.9 Å². The van der Waals surface area contributed by atoms with Gasteiger partial charge in [-0.1, -0.05) is 11.2 Å². The molecule has 3 rings (SSSR count). The molecule has 1 saturated carbocycles. The first-order chi connectivity index (χ1) is 8.72. The number of nitrogens with one attached hydrogen (secondary N) is 1. The Balaban J connectivity index is 1.73. The van der Waals surface area contributed by atoms with Crippen LogP contribution in [0.1, 0.15) is 35.1 Å². The van der Waals surface area contributed by atoms with Crippen molar-refractivity contribution in [2.24, 2.45) is 0 Å². The van der Waals surface area contributed by atoms with E-state index in [1.165, 1.54) is 12.1 Å². The quantitative estimate of drug-likeness (QED) is 0.836. The molecule has 1 amide bonds. The normalized spacial score (nSPS) is 14.5. The summed E-state index contributed by atoms with van der Waals surface area (Å²) in [6.45, 7) is 0. The fraction of sp³-hybridized carbons (Fsp3) is 0.273. The van der Waals surface area contributed by atoms with Crippen molar-refractivity contribution >= 4 is 11.9 Å². The van der Waals surface area contributed by atoms with Crippen LogP contribution in [0.2, 0.25) is 0 Å². The summed E-state index contributed by atoms with van der Waals surface area (Å²) in [5.41, 5.74) is -0.0406. The fourth-order valence-corrected chi connectivity index (χ4v) is 1.48. The number of nitrogens with zero attached hydrogens (tertiary/aromatic N) is 3. The predicted molar refractivity (Wildman–Crippen MR) is 58.4 cm³/mol. The van der Waals surface area contributed by atoms with Crippen molar-refractivity contribution in [3.05, 3.63) is 35.7 Å². The van der Waals surface area contributed by atoms with Crippen LogP contribution in [0.5, 0.6) is 0 Å². The van der Waals surface area contributed by atoms with Gasteiger partial charge >= 0.3 is 6.01 Å². The highest BCUT2D eigenvalue weighted by Crippen LogP contribution is 2.39. The SMILES string of the molecule is O=C(Nc1nnc(C2CC2)o1)c1cccc(F)n1. The molecule has 0 bridgehead atoms. The molecule has 0 radical (unpaired) electrons. The van der Waals surface area contributed by atoms with Crippen molar-refractivity contribution < 1.29 is 13.6 Å². The van der Waals surface area contributed by atoms with Crippen LogP contribution >= 0.6 is 0 Å². The maximum absolute atomic E-state index is 12.8. The van der Waals surface area contributed by atoms with Gasteiger partial charge in [0.25, 0.3) is 5.91 Å². The molecule has 0 aromatic carbocycles. The minimum Gasteiger partial charge on any atom is -0.408 e. The molecule has 2 heterocycles. The van der Waals surface area contributed by atoms with Crippen LogP contribution in [0.15, 0.2) is 22.6 Å². The van der Waals surface area contributed by atoms with Crippen LogP contribution in [0.25, 0.3) is 0 Å². The van der Waals surface area contributed by atoms with E-state index in [0.29, 0.717) is 11.8 Å². The number of pyridine rings is 1. The number of carbonyl (C=O) groups excluding carboxylic acids is 1. The third-order valence-electron chi connectivity index (χ3n) is 2.54. The standard InChI is InChI=1S/C11H9FN4O2/c12-8-3-1-2-7(13-8)9(17)14-11-16-15-10(18-11)6-4-5-6/h1-3,6H,4-5H2,(H,14,16,17). The lowest BCUT2D eigenvalue weighted by atomic mass is 10.3. The smallest absolute Gasteiger partial charge is 0.322 e. The first-order valence-corrected chi connectivity index (χ1v) is 5.49. The molecule has 2 aromatic rings. The third-order valence-corrected chi connectivity index (χ3v) is 2.54. The van der Waals surface area contributed by atoms with Crippen LogP contribution in [-0.2, 0) is 0 Å². The Morgan fingerprint density at radius 3 is 2.94 bits per heavy atom. The summed E-state index contributed by atoms with van der Waals surface area (Å²) in [7, 11) is 0. The maximum Gasteiger partial charge on any atom is 0.322 e. The van der Waals surface area contributed by atoms with Gasteiger partial charge in [0.05, 0.1) is 0 Å². The molecule has 0 saturated heterocycles. The van der Waals surface area contributed by atoms with Crippen molar-refractivity contribution in [3.63, 3.8) is 0 Å². The molecule has 0 aliphatic heterocycles. The van der Waals surface area contributed by atoms with Gasteiger partial charge in [-0.2, -0.15) is 4.39 Å². The van der Waals surface area contributed by atoms with E-state index < -0.39 is 11.9 Å². The zero-order chi connectivity index (χ0) is 12.5. The van der Waals surface area contributed by atoms with Gasteiger partial charge in [0.2, 0.25) is 11.8 Å². The highest BCUT2D eigenvalue weighted by Gasteiger charge is 2.29. The van der Waals surface area contributed by atoms with Gasteiger partial charge in [0.1, 0.15) is 5.69 Å². The average Bonchev–Trinajstić information content (AvgIpc) is 3.11. The first-order valence-electron chi connectivity index (χ1n) is 5.49. The lowest BCUT2D eigenvalue weighted by Gasteiger charge is -1.99. The predicted octanol–water partition coefficient (Wildman–Crippen LogP) is 1.73. The van der Waals surface area contributed by atoms with Gasteiger partial charge in [-0.15, -0.1) is 5.10 Å². The number of anilines is 1. The molecule has 92 valence electrons. The van der Waals surface area contributed by atoms with Crippen LogP contribution in [0.3, 0.4) is 0 Å². The zero-order valence-corrected chi connectivity index (χ0v) is 9.26. The van der Waals surface area contributed by atoms with Crippen LogP contribution in [-0.4, -0.2) is 21.1 Å². The molecule has 2 aromatic heterocycles. The van der Waals surface area contributed by atoms with E-state index in [1.807, 2.05) is 0 Å². The molecule has 1 N–H and O–H groups in total. The number of rotatable bonds is 3. The summed E-state index contributed by atoms with van der Waals surface area (Å²) in [6, 6.07) is 3.97. The van der Waals surface area contributed by atoms with Crippen molar-refractivity contribution in [2.45, 2.75) is 18.8 Å². The molecule has 0 spiro atoms. The van der Waals surface area contributed by atoms with Crippen LogP contribution in [0.4, 0.5) is 10.4 Å². The average molecular weight is 248 g/mol. The molecule has 0 atom stereocenters. The Hall–Kier alpha value is -2.31. The summed E-state index contributed by atoms with van der Waals surface area (Å²) in [6.07, 6.45) is 2.06. The molecule has 18 heavy (non-hydrogen) atoms. The fourth-order valence-electron chi connectivity index (χ4n) is 1.48. The summed E-state index contributed by atoms with van der Waals surface area (Å²) in [5, 5.41) is 9.89. The van der Waals surface area contributed by atoms with Gasteiger partial charge < -0.3 is 4.42 Å². The number of halogens is 1. The second-order valence-electron chi connectivity index (χ2n) is 4.02. The molecule has 1 fully saturated rings. The van der Waals surface area contributed by atoms with E-state index in [-0.39, 0.29) is 11.7 Å². The minimum absolute atomic E-state index is 0.00737. The maximum atomic E-state index is 12.8. The highest BCUT2D eigenvalue weighted by atomic mass is 19.1. The number of amides is 1. The van der Waals surface area contributed by atoms with Gasteiger partial charge in [0, 0.05) is 5.92 Å². The third kappa shape index (κ3) is 2.20. The summed E-state index contributed by atoms with van der Waals surface area (Å²) in [4.78, 5) is 15.1. The Morgan fingerprint density at radius 2 is 2.22 bits per heavy atom. The summed E-state index contributed by atoms with van der Waals surface area (Å²) < 4.78 is 18.1. The van der Waals surface area contributed by atoms with E-state index in [1.54, 1.807) is 0 Å². The van der Waals surface area contributed by atoms with Gasteiger partial charge in [-0.25, -0.2) is 4.98 Å². The minimum atomic E-state index is -0.716. The van der Waals surface area contributed by atoms with Crippen molar-refractivity contribution in [2.75, 3.05) is 5.32 Å². The number of hydrogen-bond donors (Lipinski definition) is 1. The van der Waals surface area contributed by atoms with Crippen LogP contribution in [0, 0.1) is 5.95 Å². The van der Waals surface area contributed by atoms with Crippen molar-refractivity contribution in [1.82, 2.24) is 15.2 Å². The second kappa shape index (κ2) is 4.17. The van der Waals surface area contributed by atoms with E-state index in [0.717, 1.165) is 18.9 Å². The van der Waals surface area contributed by atoms with Gasteiger partial charge in [0.15, 0.2) is 0 Å². The monoisotopic (exact) mass is 248 g/mol. The molecular weight excluding hydrogens is 239 g/mol. The van der Waals surface area contributed by atoms with Crippen molar-refractivity contribution in [1.29, 1.82) is 0 Å². The lowest BCUT2D eigenvalue weighted by molar-refractivity contribution is 0.101. The highest BCUT2D eigenvalue weighted by molar-refractivity contribution is 6.01. The molecule has 1 aliphatic carbocycles. The van der Waals surface area contributed by atoms with Gasteiger partial charge in [-0.3, -0.25) is 10.1 Å². The Kier molecular flexibility index (Phi) is 2.51. The van der Waals surface area contributed by atoms with E-state index in [4.69, 9.17) is 4.42 Å². The van der Waals surface area contributed by atoms with Gasteiger partial charge in [-0.05, 0) is 25.0 Å². The number of aromatic nitrogens is 3. The van der Waals surface area contributed by atoms with E-state index in [2.05, 4.69) is 20.5 Å². The van der Waals surface area contributed by atoms with E-state index in [9.17, 15) is 9.18 Å². The molecule has 7 heteroatoms. The number of hydrogen-bond acceptors (Lipinski definition) is 5. The Morgan fingerprint density at radius 1 is 1.39 bits per heavy atom. The summed E-state index contributed by atoms with van der Waals surface area (Å²) in [5.74, 6) is -0.458. The Bertz CT molecular complexity index is 594. The number of carbonyl (C=O) groups is 1. The largest absolute Gasteiger partial charge is 0.408 e. The zero-order valence-electron chi connectivity index (χ0n) is 9.26. The lowest BCUT2D eigenvalue weighted by Crippen LogP contribution is -2.14. The van der Waals surface area contributed by atoms with Crippen molar-refractivity contribution in [3.8, 4) is 0 Å². The molecule has 1 aliphatic rings.